The highest BCUT2D eigenvalue weighted by Crippen LogP contribution is 2.10. The average Bonchev–Trinajstić information content (AvgIpc) is 2.10. The van der Waals surface area contributed by atoms with Crippen molar-refractivity contribution < 1.29 is 20.4 Å². The number of allylic oxidation sites excluding steroid dienone is 1. The molecule has 4 N–H and O–H groups in total. The van der Waals surface area contributed by atoms with Crippen LogP contribution in [0, 0.1) is 0 Å². The highest BCUT2D eigenvalue weighted by molar-refractivity contribution is 5.07. The second-order valence-electron chi connectivity index (χ2n) is 2.51. The molecule has 0 aromatic carbocycles. The minimum Gasteiger partial charge on any atom is -0.512 e. The Hall–Kier alpha value is -0.580. The molecule has 0 spiro atoms. The third-order valence-electron chi connectivity index (χ3n) is 1.58. The van der Waals surface area contributed by atoms with Gasteiger partial charge < -0.3 is 20.4 Å². The molecule has 4 heteroatoms. The summed E-state index contributed by atoms with van der Waals surface area (Å²) in [4.78, 5) is 0. The van der Waals surface area contributed by atoms with Gasteiger partial charge in [-0.3, -0.25) is 0 Å². The molecule has 4 nitrogen and oxygen atoms in total. The number of aliphatic hydroxyl groups is 4. The van der Waals surface area contributed by atoms with Gasteiger partial charge in [-0.15, -0.1) is 0 Å². The molecule has 0 aromatic heterocycles. The molecule has 0 radical (unpaired) electrons. The fraction of sp³-hybridized carbons (Fsp3) is 0.750. The summed E-state index contributed by atoms with van der Waals surface area (Å²) in [6.45, 7) is -0.307. The van der Waals surface area contributed by atoms with Crippen LogP contribution >= 0.6 is 0 Å². The molecule has 0 unspecified atom stereocenters. The number of rotatable bonds is 6. The molecule has 0 fully saturated rings. The van der Waals surface area contributed by atoms with E-state index >= 15 is 0 Å². The van der Waals surface area contributed by atoms with E-state index in [-0.39, 0.29) is 32.0 Å². The van der Waals surface area contributed by atoms with Crippen molar-refractivity contribution >= 4 is 0 Å². The van der Waals surface area contributed by atoms with Crippen molar-refractivity contribution in [2.45, 2.75) is 19.3 Å². The van der Waals surface area contributed by atoms with E-state index in [9.17, 15) is 5.11 Å². The van der Waals surface area contributed by atoms with Gasteiger partial charge in [-0.05, 0) is 18.4 Å². The molecule has 72 valence electrons. The second kappa shape index (κ2) is 7.09. The fourth-order valence-electron chi connectivity index (χ4n) is 0.873. The monoisotopic (exact) mass is 176 g/mol. The molecule has 0 saturated carbocycles. The van der Waals surface area contributed by atoms with E-state index < -0.39 is 0 Å². The first-order valence-electron chi connectivity index (χ1n) is 3.98. The predicted molar refractivity (Wildman–Crippen MR) is 44.8 cm³/mol. The molecule has 12 heavy (non-hydrogen) atoms. The summed E-state index contributed by atoms with van der Waals surface area (Å²) in [5, 5.41) is 35.0. The van der Waals surface area contributed by atoms with Crippen molar-refractivity contribution in [2.24, 2.45) is 0 Å². The molecule has 0 heterocycles. The van der Waals surface area contributed by atoms with E-state index in [0.29, 0.717) is 18.4 Å². The Kier molecular flexibility index (Phi) is 6.75. The minimum atomic E-state index is -0.238. The quantitative estimate of drug-likeness (QED) is 0.428. The Labute approximate surface area is 71.8 Å². The van der Waals surface area contributed by atoms with Crippen molar-refractivity contribution in [1.29, 1.82) is 0 Å². The lowest BCUT2D eigenvalue weighted by Gasteiger charge is -2.05. The van der Waals surface area contributed by atoms with E-state index in [1.807, 2.05) is 0 Å². The Morgan fingerprint density at radius 1 is 0.917 bits per heavy atom. The third kappa shape index (κ3) is 4.33. The lowest BCUT2D eigenvalue weighted by molar-refractivity contribution is 0.255. The summed E-state index contributed by atoms with van der Waals surface area (Å²) in [5.41, 5.74) is 0.450. The van der Waals surface area contributed by atoms with Crippen LogP contribution in [0.25, 0.3) is 0 Å². The second-order valence-corrected chi connectivity index (χ2v) is 2.51. The lowest BCUT2D eigenvalue weighted by atomic mass is 10.1. The maximum absolute atomic E-state index is 9.27. The smallest absolute Gasteiger partial charge is 0.0939 e. The van der Waals surface area contributed by atoms with E-state index in [1.165, 1.54) is 0 Å². The Bertz CT molecular complexity index is 142. The number of aliphatic hydroxyl groups excluding tert-OH is 4. The van der Waals surface area contributed by atoms with Crippen LogP contribution in [-0.2, 0) is 0 Å². The maximum atomic E-state index is 9.27. The van der Waals surface area contributed by atoms with Crippen LogP contribution in [-0.4, -0.2) is 40.2 Å². The first-order chi connectivity index (χ1) is 5.76. The van der Waals surface area contributed by atoms with Gasteiger partial charge in [0.25, 0.3) is 0 Å². The van der Waals surface area contributed by atoms with Gasteiger partial charge in [-0.2, -0.15) is 0 Å². The SMILES string of the molecule is OCCCC(O)=C(CO)CCO. The highest BCUT2D eigenvalue weighted by atomic mass is 16.3. The molecule has 0 aliphatic rings. The van der Waals surface area contributed by atoms with E-state index in [1.54, 1.807) is 0 Å². The van der Waals surface area contributed by atoms with E-state index in [4.69, 9.17) is 15.3 Å². The maximum Gasteiger partial charge on any atom is 0.0939 e. The summed E-state index contributed by atoms with van der Waals surface area (Å²) >= 11 is 0. The van der Waals surface area contributed by atoms with Crippen molar-refractivity contribution in [2.75, 3.05) is 19.8 Å². The minimum absolute atomic E-state index is 0.0158. The standard InChI is InChI=1S/C8H16O4/c9-4-1-2-8(12)7(6-11)3-5-10/h9-12H,1-6H2. The summed E-state index contributed by atoms with van der Waals surface area (Å²) in [6.07, 6.45) is 1.11. The van der Waals surface area contributed by atoms with Gasteiger partial charge in [-0.1, -0.05) is 0 Å². The van der Waals surface area contributed by atoms with Gasteiger partial charge in [-0.25, -0.2) is 0 Å². The van der Waals surface area contributed by atoms with Gasteiger partial charge in [0.15, 0.2) is 0 Å². The largest absolute Gasteiger partial charge is 0.512 e. The van der Waals surface area contributed by atoms with E-state index in [0.717, 1.165) is 0 Å². The van der Waals surface area contributed by atoms with Crippen LogP contribution in [0.5, 0.6) is 0 Å². The molecule has 0 amide bonds. The van der Waals surface area contributed by atoms with Gasteiger partial charge in [0.2, 0.25) is 0 Å². The van der Waals surface area contributed by atoms with Crippen LogP contribution < -0.4 is 0 Å². The fourth-order valence-corrected chi connectivity index (χ4v) is 0.873. The molecule has 0 aliphatic carbocycles. The van der Waals surface area contributed by atoms with Crippen molar-refractivity contribution in [1.82, 2.24) is 0 Å². The van der Waals surface area contributed by atoms with Crippen molar-refractivity contribution in [3.05, 3.63) is 11.3 Å². The van der Waals surface area contributed by atoms with Crippen molar-refractivity contribution in [3.63, 3.8) is 0 Å². The van der Waals surface area contributed by atoms with Crippen LogP contribution in [0.2, 0.25) is 0 Å². The zero-order chi connectivity index (χ0) is 9.40. The molecular formula is C8H16O4. The molecule has 0 saturated heterocycles. The van der Waals surface area contributed by atoms with Crippen LogP contribution in [0.1, 0.15) is 19.3 Å². The Morgan fingerprint density at radius 2 is 1.58 bits per heavy atom. The first kappa shape index (κ1) is 11.4. The zero-order valence-corrected chi connectivity index (χ0v) is 7.03. The van der Waals surface area contributed by atoms with Crippen LogP contribution in [0.3, 0.4) is 0 Å². The predicted octanol–water partition coefficient (Wildman–Crippen LogP) is -0.0543. The van der Waals surface area contributed by atoms with Crippen LogP contribution in [0.4, 0.5) is 0 Å². The van der Waals surface area contributed by atoms with Gasteiger partial charge in [0.05, 0.1) is 12.4 Å². The molecule has 0 bridgehead atoms. The lowest BCUT2D eigenvalue weighted by Crippen LogP contribution is -2.00. The van der Waals surface area contributed by atoms with Gasteiger partial charge in [0.1, 0.15) is 0 Å². The molecule has 0 rings (SSSR count). The topological polar surface area (TPSA) is 80.9 Å². The summed E-state index contributed by atoms with van der Waals surface area (Å²) in [7, 11) is 0. The number of hydrogen-bond donors (Lipinski definition) is 4. The van der Waals surface area contributed by atoms with Crippen molar-refractivity contribution in [3.8, 4) is 0 Å². The van der Waals surface area contributed by atoms with Gasteiger partial charge >= 0.3 is 0 Å². The zero-order valence-electron chi connectivity index (χ0n) is 7.03. The van der Waals surface area contributed by atoms with Crippen LogP contribution in [0.15, 0.2) is 11.3 Å². The normalized spacial score (nSPS) is 12.9. The third-order valence-corrected chi connectivity index (χ3v) is 1.58. The molecular weight excluding hydrogens is 160 g/mol. The summed E-state index contributed by atoms with van der Waals surface area (Å²) in [6, 6.07) is 0. The highest BCUT2D eigenvalue weighted by Gasteiger charge is 2.03. The summed E-state index contributed by atoms with van der Waals surface area (Å²) < 4.78 is 0. The molecule has 0 aliphatic heterocycles. The Balaban J connectivity index is 3.97. The molecule has 0 atom stereocenters. The van der Waals surface area contributed by atoms with E-state index in [2.05, 4.69) is 0 Å². The Morgan fingerprint density at radius 3 is 2.00 bits per heavy atom. The average molecular weight is 176 g/mol. The van der Waals surface area contributed by atoms with Gasteiger partial charge in [0, 0.05) is 19.6 Å². The summed E-state index contributed by atoms with van der Waals surface area (Å²) in [5.74, 6) is 0.0839. The molecule has 0 aromatic rings. The first-order valence-corrected chi connectivity index (χ1v) is 3.98. The number of hydrogen-bond acceptors (Lipinski definition) is 4.